The number of aromatic nitrogens is 1. The number of thiocarbonyl (C=S) groups is 1. The molecule has 1 aromatic rings. The molecule has 0 aliphatic heterocycles. The number of rotatable bonds is 4. The predicted molar refractivity (Wildman–Crippen MR) is 72.5 cm³/mol. The number of pyridine rings is 1. The van der Waals surface area contributed by atoms with Crippen LogP contribution in [0.15, 0.2) is 12.1 Å². The Labute approximate surface area is 119 Å². The van der Waals surface area contributed by atoms with Crippen molar-refractivity contribution in [2.24, 2.45) is 5.73 Å². The summed E-state index contributed by atoms with van der Waals surface area (Å²) >= 11 is 4.78. The van der Waals surface area contributed by atoms with Crippen molar-refractivity contribution in [2.45, 2.75) is 6.18 Å². The van der Waals surface area contributed by atoms with Crippen LogP contribution < -0.4 is 16.0 Å². The highest BCUT2D eigenvalue weighted by Crippen LogP contribution is 2.30. The van der Waals surface area contributed by atoms with Crippen molar-refractivity contribution < 1.29 is 18.0 Å². The Kier molecular flexibility index (Phi) is 4.88. The van der Waals surface area contributed by atoms with E-state index in [0.717, 1.165) is 12.1 Å². The number of alkyl halides is 3. The molecular formula is C11H13F3N4OS. The molecule has 0 aliphatic rings. The quantitative estimate of drug-likeness (QED) is 0.809. The fraction of sp³-hybridized carbons (Fsp3) is 0.364. The van der Waals surface area contributed by atoms with E-state index >= 15 is 0 Å². The van der Waals surface area contributed by atoms with Crippen molar-refractivity contribution in [3.63, 3.8) is 0 Å². The van der Waals surface area contributed by atoms with E-state index in [-0.39, 0.29) is 28.8 Å². The fourth-order valence-corrected chi connectivity index (χ4v) is 1.62. The maximum atomic E-state index is 12.7. The van der Waals surface area contributed by atoms with Gasteiger partial charge in [-0.25, -0.2) is 4.98 Å². The van der Waals surface area contributed by atoms with Crippen LogP contribution in [0.3, 0.4) is 0 Å². The molecule has 0 spiro atoms. The van der Waals surface area contributed by atoms with E-state index in [0.29, 0.717) is 0 Å². The average Bonchev–Trinajstić information content (AvgIpc) is 2.36. The summed E-state index contributed by atoms with van der Waals surface area (Å²) in [7, 11) is 2.85. The van der Waals surface area contributed by atoms with Crippen molar-refractivity contribution in [3.8, 4) is 0 Å². The Bertz CT molecular complexity index is 533. The van der Waals surface area contributed by atoms with Gasteiger partial charge in [-0.3, -0.25) is 4.79 Å². The van der Waals surface area contributed by atoms with Crippen LogP contribution in [0, 0.1) is 0 Å². The van der Waals surface area contributed by atoms with E-state index < -0.39 is 11.9 Å². The van der Waals surface area contributed by atoms with Crippen LogP contribution >= 0.6 is 12.2 Å². The Morgan fingerprint density at radius 3 is 2.55 bits per heavy atom. The molecule has 0 bridgehead atoms. The lowest BCUT2D eigenvalue weighted by Crippen LogP contribution is -2.35. The molecule has 0 saturated carbocycles. The van der Waals surface area contributed by atoms with Gasteiger partial charge in [-0.05, 0) is 12.1 Å². The largest absolute Gasteiger partial charge is 0.433 e. The number of anilines is 1. The van der Waals surface area contributed by atoms with E-state index in [2.05, 4.69) is 10.3 Å². The first kappa shape index (κ1) is 16.2. The van der Waals surface area contributed by atoms with E-state index in [1.54, 1.807) is 0 Å². The van der Waals surface area contributed by atoms with Gasteiger partial charge in [0.05, 0.1) is 12.1 Å². The summed E-state index contributed by atoms with van der Waals surface area (Å²) in [4.78, 5) is 16.0. The van der Waals surface area contributed by atoms with Gasteiger partial charge in [0.2, 0.25) is 5.91 Å². The SMILES string of the molecule is CNC(=O)CN(C)c1nc(C(F)(F)F)ccc1C(N)=S. The second-order valence-corrected chi connectivity index (χ2v) is 4.40. The first-order chi connectivity index (χ1) is 9.16. The minimum absolute atomic E-state index is 0.0871. The molecule has 0 unspecified atom stereocenters. The summed E-state index contributed by atoms with van der Waals surface area (Å²) in [5.41, 5.74) is 4.56. The standard InChI is InChI=1S/C11H13F3N4OS/c1-16-8(19)5-18(2)10-6(9(15)20)3-4-7(17-10)11(12,13)14/h3-4H,5H2,1-2H3,(H2,15,20)(H,16,19). The van der Waals surface area contributed by atoms with Gasteiger partial charge in [-0.1, -0.05) is 12.2 Å². The number of nitrogens with one attached hydrogen (secondary N) is 1. The molecule has 9 heteroatoms. The van der Waals surface area contributed by atoms with Crippen LogP contribution in [-0.2, 0) is 11.0 Å². The molecule has 0 radical (unpaired) electrons. The van der Waals surface area contributed by atoms with Gasteiger partial charge in [0, 0.05) is 14.1 Å². The highest BCUT2D eigenvalue weighted by molar-refractivity contribution is 7.80. The van der Waals surface area contributed by atoms with Crippen LogP contribution in [0.5, 0.6) is 0 Å². The molecule has 3 N–H and O–H groups in total. The fourth-order valence-electron chi connectivity index (χ4n) is 1.46. The Morgan fingerprint density at radius 1 is 1.50 bits per heavy atom. The number of likely N-dealkylation sites (N-methyl/N-ethyl adjacent to an activating group) is 2. The van der Waals surface area contributed by atoms with Crippen LogP contribution in [0.2, 0.25) is 0 Å². The highest BCUT2D eigenvalue weighted by atomic mass is 32.1. The maximum Gasteiger partial charge on any atom is 0.433 e. The van der Waals surface area contributed by atoms with Crippen LogP contribution in [0.1, 0.15) is 11.3 Å². The van der Waals surface area contributed by atoms with Gasteiger partial charge < -0.3 is 16.0 Å². The predicted octanol–water partition coefficient (Wildman–Crippen LogP) is 0.917. The first-order valence-electron chi connectivity index (χ1n) is 5.46. The molecule has 1 amide bonds. The monoisotopic (exact) mass is 306 g/mol. The van der Waals surface area contributed by atoms with Crippen molar-refractivity contribution in [2.75, 3.05) is 25.5 Å². The number of carbonyl (C=O) groups is 1. The molecule has 0 fully saturated rings. The molecule has 0 atom stereocenters. The number of nitrogens with two attached hydrogens (primary N) is 1. The minimum Gasteiger partial charge on any atom is -0.389 e. The van der Waals surface area contributed by atoms with E-state index in [9.17, 15) is 18.0 Å². The van der Waals surface area contributed by atoms with Gasteiger partial charge >= 0.3 is 6.18 Å². The van der Waals surface area contributed by atoms with Crippen molar-refractivity contribution in [1.29, 1.82) is 0 Å². The maximum absolute atomic E-state index is 12.7. The van der Waals surface area contributed by atoms with Crippen molar-refractivity contribution in [3.05, 3.63) is 23.4 Å². The molecule has 5 nitrogen and oxygen atoms in total. The summed E-state index contributed by atoms with van der Waals surface area (Å²) in [6.07, 6.45) is -4.59. The van der Waals surface area contributed by atoms with Crippen molar-refractivity contribution >= 4 is 28.9 Å². The number of hydrogen-bond acceptors (Lipinski definition) is 4. The zero-order valence-electron chi connectivity index (χ0n) is 10.8. The second-order valence-electron chi connectivity index (χ2n) is 3.96. The van der Waals surface area contributed by atoms with Gasteiger partial charge in [0.15, 0.2) is 0 Å². The molecule has 1 heterocycles. The van der Waals surface area contributed by atoms with E-state index in [1.807, 2.05) is 0 Å². The zero-order valence-corrected chi connectivity index (χ0v) is 11.6. The molecule has 1 aromatic heterocycles. The van der Waals surface area contributed by atoms with E-state index in [1.165, 1.54) is 19.0 Å². The Morgan fingerprint density at radius 2 is 2.10 bits per heavy atom. The summed E-state index contributed by atoms with van der Waals surface area (Å²) in [5.74, 6) is -0.462. The summed E-state index contributed by atoms with van der Waals surface area (Å²) < 4.78 is 38.0. The molecule has 0 aliphatic carbocycles. The van der Waals surface area contributed by atoms with Crippen LogP contribution in [0.25, 0.3) is 0 Å². The highest BCUT2D eigenvalue weighted by Gasteiger charge is 2.33. The normalized spacial score (nSPS) is 11.1. The lowest BCUT2D eigenvalue weighted by atomic mass is 10.2. The third-order valence-corrected chi connectivity index (χ3v) is 2.67. The average molecular weight is 306 g/mol. The van der Waals surface area contributed by atoms with Gasteiger partial charge in [-0.2, -0.15) is 13.2 Å². The number of carbonyl (C=O) groups excluding carboxylic acids is 1. The topological polar surface area (TPSA) is 71.2 Å². The summed E-state index contributed by atoms with van der Waals surface area (Å²) in [6.45, 7) is -0.166. The lowest BCUT2D eigenvalue weighted by molar-refractivity contribution is -0.141. The second kappa shape index (κ2) is 6.04. The third kappa shape index (κ3) is 3.80. The van der Waals surface area contributed by atoms with E-state index in [4.69, 9.17) is 18.0 Å². The Balaban J connectivity index is 3.25. The van der Waals surface area contributed by atoms with Gasteiger partial charge in [0.1, 0.15) is 16.5 Å². The van der Waals surface area contributed by atoms with Gasteiger partial charge in [-0.15, -0.1) is 0 Å². The molecule has 20 heavy (non-hydrogen) atoms. The van der Waals surface area contributed by atoms with Crippen LogP contribution in [0.4, 0.5) is 19.0 Å². The number of hydrogen-bond donors (Lipinski definition) is 2. The number of amides is 1. The zero-order chi connectivity index (χ0) is 15.5. The lowest BCUT2D eigenvalue weighted by Gasteiger charge is -2.21. The summed E-state index contributed by atoms with van der Waals surface area (Å²) in [6, 6.07) is 1.94. The molecule has 110 valence electrons. The molecule has 1 rings (SSSR count). The third-order valence-electron chi connectivity index (χ3n) is 2.45. The molecular weight excluding hydrogens is 293 g/mol. The molecule has 0 aromatic carbocycles. The van der Waals surface area contributed by atoms with Crippen molar-refractivity contribution in [1.82, 2.24) is 10.3 Å². The first-order valence-corrected chi connectivity index (χ1v) is 5.87. The Hall–Kier alpha value is -1.90. The number of halogens is 3. The van der Waals surface area contributed by atoms with Crippen LogP contribution in [-0.4, -0.2) is 36.5 Å². The molecule has 0 saturated heterocycles. The minimum atomic E-state index is -4.59. The van der Waals surface area contributed by atoms with Gasteiger partial charge in [0.25, 0.3) is 0 Å². The smallest absolute Gasteiger partial charge is 0.389 e. The number of nitrogens with zero attached hydrogens (tertiary/aromatic N) is 2. The summed E-state index contributed by atoms with van der Waals surface area (Å²) in [5, 5.41) is 2.36.